The second kappa shape index (κ2) is 6.81. The number of hydrogen-bond donors (Lipinski definition) is 2. The molecule has 2 aromatic rings. The summed E-state index contributed by atoms with van der Waals surface area (Å²) in [5.74, 6) is -2.34. The Morgan fingerprint density at radius 1 is 1.14 bits per heavy atom. The maximum Gasteiger partial charge on any atom is 0.258 e. The predicted octanol–water partition coefficient (Wildman–Crippen LogP) is 2.55. The molecule has 0 aliphatic heterocycles. The number of nitrogens with two attached hydrogens (primary N) is 1. The molecule has 0 fully saturated rings. The zero-order valence-electron chi connectivity index (χ0n) is 11.1. The number of carbonyl (C=O) groups is 1. The molecular formula is C15H14F2N2O2. The SMILES string of the molecule is NCCOc1ccc(NC(=O)c2cccc(F)c2F)cc1. The molecule has 3 N–H and O–H groups in total. The Balaban J connectivity index is 2.07. The first-order chi connectivity index (χ1) is 10.1. The zero-order chi connectivity index (χ0) is 15.2. The first-order valence-corrected chi connectivity index (χ1v) is 6.30. The van der Waals surface area contributed by atoms with Crippen LogP contribution < -0.4 is 15.8 Å². The highest BCUT2D eigenvalue weighted by atomic mass is 19.2. The van der Waals surface area contributed by atoms with E-state index in [1.807, 2.05) is 0 Å². The van der Waals surface area contributed by atoms with E-state index in [0.29, 0.717) is 24.6 Å². The van der Waals surface area contributed by atoms with Crippen molar-refractivity contribution in [3.8, 4) is 5.75 Å². The molecule has 0 saturated carbocycles. The van der Waals surface area contributed by atoms with Crippen LogP contribution in [-0.2, 0) is 0 Å². The average molecular weight is 292 g/mol. The highest BCUT2D eigenvalue weighted by Gasteiger charge is 2.15. The Hall–Kier alpha value is -2.47. The summed E-state index contributed by atoms with van der Waals surface area (Å²) in [5, 5.41) is 2.48. The number of rotatable bonds is 5. The maximum absolute atomic E-state index is 13.5. The van der Waals surface area contributed by atoms with E-state index in [4.69, 9.17) is 10.5 Å². The molecule has 0 aromatic heterocycles. The van der Waals surface area contributed by atoms with Crippen LogP contribution in [0.25, 0.3) is 0 Å². The number of amides is 1. The molecule has 6 heteroatoms. The summed E-state index contributed by atoms with van der Waals surface area (Å²) in [6.07, 6.45) is 0. The van der Waals surface area contributed by atoms with Gasteiger partial charge in [0.15, 0.2) is 11.6 Å². The standard InChI is InChI=1S/C15H14F2N2O2/c16-13-3-1-2-12(14(13)17)15(20)19-10-4-6-11(7-5-10)21-9-8-18/h1-7H,8-9,18H2,(H,19,20). The van der Waals surface area contributed by atoms with Crippen LogP contribution in [0.15, 0.2) is 42.5 Å². The number of benzene rings is 2. The van der Waals surface area contributed by atoms with Gasteiger partial charge in [0.1, 0.15) is 12.4 Å². The zero-order valence-corrected chi connectivity index (χ0v) is 11.1. The third-order valence-electron chi connectivity index (χ3n) is 2.69. The summed E-state index contributed by atoms with van der Waals surface area (Å²) < 4.78 is 31.8. The highest BCUT2D eigenvalue weighted by molar-refractivity contribution is 6.04. The lowest BCUT2D eigenvalue weighted by Crippen LogP contribution is -2.14. The lowest BCUT2D eigenvalue weighted by Gasteiger charge is -2.08. The van der Waals surface area contributed by atoms with Gasteiger partial charge in [0.2, 0.25) is 0 Å². The third kappa shape index (κ3) is 3.76. The fourth-order valence-corrected chi connectivity index (χ4v) is 1.69. The van der Waals surface area contributed by atoms with Crippen molar-refractivity contribution < 1.29 is 18.3 Å². The van der Waals surface area contributed by atoms with E-state index < -0.39 is 17.5 Å². The minimum Gasteiger partial charge on any atom is -0.492 e. The Labute approximate surface area is 120 Å². The van der Waals surface area contributed by atoms with Gasteiger partial charge in [-0.2, -0.15) is 0 Å². The van der Waals surface area contributed by atoms with E-state index >= 15 is 0 Å². The summed E-state index contributed by atoms with van der Waals surface area (Å²) >= 11 is 0. The number of ether oxygens (including phenoxy) is 1. The van der Waals surface area contributed by atoms with Crippen LogP contribution >= 0.6 is 0 Å². The number of anilines is 1. The molecule has 0 bridgehead atoms. The Bertz CT molecular complexity index is 630. The minimum atomic E-state index is -1.17. The van der Waals surface area contributed by atoms with E-state index in [2.05, 4.69) is 5.32 Å². The average Bonchev–Trinajstić information content (AvgIpc) is 2.49. The first kappa shape index (κ1) is 14.9. The summed E-state index contributed by atoms with van der Waals surface area (Å²) in [5.41, 5.74) is 5.41. The van der Waals surface area contributed by atoms with E-state index in [0.717, 1.165) is 6.07 Å². The van der Waals surface area contributed by atoms with Gasteiger partial charge in [-0.05, 0) is 36.4 Å². The summed E-state index contributed by atoms with van der Waals surface area (Å²) in [7, 11) is 0. The normalized spacial score (nSPS) is 10.2. The van der Waals surface area contributed by atoms with Gasteiger partial charge in [0.05, 0.1) is 5.56 Å². The largest absolute Gasteiger partial charge is 0.492 e. The smallest absolute Gasteiger partial charge is 0.258 e. The molecule has 0 heterocycles. The van der Waals surface area contributed by atoms with Crippen molar-refractivity contribution in [2.75, 3.05) is 18.5 Å². The van der Waals surface area contributed by atoms with E-state index in [-0.39, 0.29) is 5.56 Å². The molecule has 4 nitrogen and oxygen atoms in total. The van der Waals surface area contributed by atoms with Gasteiger partial charge < -0.3 is 15.8 Å². The van der Waals surface area contributed by atoms with Gasteiger partial charge in [-0.3, -0.25) is 4.79 Å². The van der Waals surface area contributed by atoms with Gasteiger partial charge in [-0.25, -0.2) is 8.78 Å². The second-order valence-electron chi connectivity index (χ2n) is 4.22. The fraction of sp³-hybridized carbons (Fsp3) is 0.133. The molecule has 0 unspecified atom stereocenters. The maximum atomic E-state index is 13.5. The van der Waals surface area contributed by atoms with Gasteiger partial charge in [0, 0.05) is 12.2 Å². The second-order valence-corrected chi connectivity index (χ2v) is 4.22. The number of carbonyl (C=O) groups excluding carboxylic acids is 1. The molecule has 1 amide bonds. The quantitative estimate of drug-likeness (QED) is 0.890. The number of hydrogen-bond acceptors (Lipinski definition) is 3. The van der Waals surface area contributed by atoms with Crippen LogP contribution in [0.2, 0.25) is 0 Å². The number of halogens is 2. The first-order valence-electron chi connectivity index (χ1n) is 6.30. The van der Waals surface area contributed by atoms with Crippen LogP contribution in [0.3, 0.4) is 0 Å². The molecule has 2 rings (SSSR count). The lowest BCUT2D eigenvalue weighted by atomic mass is 10.2. The van der Waals surface area contributed by atoms with Gasteiger partial charge >= 0.3 is 0 Å². The van der Waals surface area contributed by atoms with Crippen molar-refractivity contribution in [2.45, 2.75) is 0 Å². The van der Waals surface area contributed by atoms with E-state index in [1.54, 1.807) is 24.3 Å². The molecule has 0 aliphatic rings. The Morgan fingerprint density at radius 3 is 2.52 bits per heavy atom. The van der Waals surface area contributed by atoms with Crippen LogP contribution in [-0.4, -0.2) is 19.1 Å². The summed E-state index contributed by atoms with van der Waals surface area (Å²) in [6, 6.07) is 9.93. The van der Waals surface area contributed by atoms with Crippen LogP contribution in [0.5, 0.6) is 5.75 Å². The van der Waals surface area contributed by atoms with Crippen molar-refractivity contribution >= 4 is 11.6 Å². The van der Waals surface area contributed by atoms with E-state index in [9.17, 15) is 13.6 Å². The van der Waals surface area contributed by atoms with Gasteiger partial charge in [0.25, 0.3) is 5.91 Å². The Morgan fingerprint density at radius 2 is 1.86 bits per heavy atom. The molecule has 2 aromatic carbocycles. The van der Waals surface area contributed by atoms with Gasteiger partial charge in [-0.1, -0.05) is 6.07 Å². The fourth-order valence-electron chi connectivity index (χ4n) is 1.69. The lowest BCUT2D eigenvalue weighted by molar-refractivity contribution is 0.102. The van der Waals surface area contributed by atoms with Crippen molar-refractivity contribution in [2.24, 2.45) is 5.73 Å². The van der Waals surface area contributed by atoms with E-state index in [1.165, 1.54) is 12.1 Å². The monoisotopic (exact) mass is 292 g/mol. The summed E-state index contributed by atoms with van der Waals surface area (Å²) in [6.45, 7) is 0.789. The van der Waals surface area contributed by atoms with Crippen LogP contribution in [0.4, 0.5) is 14.5 Å². The minimum absolute atomic E-state index is 0.349. The molecule has 0 atom stereocenters. The molecule has 0 aliphatic carbocycles. The Kier molecular flexibility index (Phi) is 4.84. The van der Waals surface area contributed by atoms with Crippen molar-refractivity contribution in [1.82, 2.24) is 0 Å². The third-order valence-corrected chi connectivity index (χ3v) is 2.69. The molecule has 0 spiro atoms. The number of nitrogens with one attached hydrogen (secondary N) is 1. The molecular weight excluding hydrogens is 278 g/mol. The molecule has 21 heavy (non-hydrogen) atoms. The van der Waals surface area contributed by atoms with Crippen molar-refractivity contribution in [3.05, 3.63) is 59.7 Å². The van der Waals surface area contributed by atoms with Gasteiger partial charge in [-0.15, -0.1) is 0 Å². The van der Waals surface area contributed by atoms with Crippen LogP contribution in [0, 0.1) is 11.6 Å². The highest BCUT2D eigenvalue weighted by Crippen LogP contribution is 2.18. The topological polar surface area (TPSA) is 64.3 Å². The van der Waals surface area contributed by atoms with Crippen LogP contribution in [0.1, 0.15) is 10.4 Å². The molecule has 110 valence electrons. The van der Waals surface area contributed by atoms with Crippen molar-refractivity contribution in [1.29, 1.82) is 0 Å². The van der Waals surface area contributed by atoms with Crippen molar-refractivity contribution in [3.63, 3.8) is 0 Å². The molecule has 0 saturated heterocycles. The molecule has 0 radical (unpaired) electrons. The summed E-state index contributed by atoms with van der Waals surface area (Å²) in [4.78, 5) is 11.9. The predicted molar refractivity (Wildman–Crippen MR) is 75.3 cm³/mol.